The summed E-state index contributed by atoms with van der Waals surface area (Å²) in [5, 5.41) is 1.13. The van der Waals surface area contributed by atoms with Gasteiger partial charge in [-0.25, -0.2) is 0 Å². The highest BCUT2D eigenvalue weighted by atomic mass is 16.5. The van der Waals surface area contributed by atoms with E-state index in [0.29, 0.717) is 12.3 Å². The monoisotopic (exact) mass is 285 g/mol. The number of Topliss-reactive ketones (excluding diaryl/α,β-unsaturated/α-hetero) is 1. The minimum Gasteiger partial charge on any atom is -0.491 e. The lowest BCUT2D eigenvalue weighted by molar-refractivity contribution is -0.123. The third-order valence-corrected chi connectivity index (χ3v) is 4.25. The van der Waals surface area contributed by atoms with Crippen LogP contribution in [0.3, 0.4) is 0 Å². The van der Waals surface area contributed by atoms with Crippen LogP contribution in [-0.4, -0.2) is 16.5 Å². The molecule has 3 rings (SSSR count). The molecule has 0 atom stereocenters. The number of ether oxygens (including phenoxy) is 1. The van der Waals surface area contributed by atoms with Crippen LogP contribution in [0.1, 0.15) is 39.5 Å². The van der Waals surface area contributed by atoms with Gasteiger partial charge >= 0.3 is 0 Å². The maximum Gasteiger partial charge on any atom is 0.155 e. The van der Waals surface area contributed by atoms with Crippen molar-refractivity contribution in [3.8, 4) is 5.75 Å². The Labute approximate surface area is 125 Å². The molecule has 1 aromatic heterocycles. The predicted molar refractivity (Wildman–Crippen MR) is 84.7 cm³/mol. The first kappa shape index (κ1) is 14.2. The zero-order valence-electron chi connectivity index (χ0n) is 12.8. The van der Waals surface area contributed by atoms with E-state index in [2.05, 4.69) is 16.7 Å². The quantitative estimate of drug-likeness (QED) is 0.825. The largest absolute Gasteiger partial charge is 0.491 e. The number of hydrogen-bond acceptors (Lipinski definition) is 2. The number of aromatic nitrogens is 1. The summed E-state index contributed by atoms with van der Waals surface area (Å²) in [5.41, 5.74) is 1.11. The van der Waals surface area contributed by atoms with Gasteiger partial charge in [0.1, 0.15) is 5.75 Å². The Kier molecular flexibility index (Phi) is 4.00. The van der Waals surface area contributed by atoms with Crippen LogP contribution in [-0.2, 0) is 11.3 Å². The third kappa shape index (κ3) is 3.12. The molecule has 0 bridgehead atoms. The molecular weight excluding hydrogens is 262 g/mol. The lowest BCUT2D eigenvalue weighted by atomic mass is 10.0. The van der Waals surface area contributed by atoms with Crippen LogP contribution in [0.2, 0.25) is 0 Å². The highest BCUT2D eigenvalue weighted by Gasteiger charge is 2.22. The molecule has 1 heterocycles. The van der Waals surface area contributed by atoms with E-state index in [1.54, 1.807) is 0 Å². The van der Waals surface area contributed by atoms with Gasteiger partial charge in [0, 0.05) is 23.0 Å². The van der Waals surface area contributed by atoms with Crippen molar-refractivity contribution in [3.63, 3.8) is 0 Å². The number of carbonyl (C=O) groups excluding carboxylic acids is 1. The lowest BCUT2D eigenvalue weighted by Crippen LogP contribution is -2.17. The first-order valence-corrected chi connectivity index (χ1v) is 7.92. The first-order chi connectivity index (χ1) is 10.1. The van der Waals surface area contributed by atoms with E-state index in [1.165, 1.54) is 12.8 Å². The Morgan fingerprint density at radius 3 is 2.76 bits per heavy atom. The fourth-order valence-electron chi connectivity index (χ4n) is 3.21. The van der Waals surface area contributed by atoms with E-state index in [4.69, 9.17) is 4.74 Å². The molecule has 1 aliphatic carbocycles. The predicted octanol–water partition coefficient (Wildman–Crippen LogP) is 4.19. The molecule has 2 aromatic rings. The van der Waals surface area contributed by atoms with Gasteiger partial charge in [0.2, 0.25) is 0 Å². The van der Waals surface area contributed by atoms with E-state index in [9.17, 15) is 4.79 Å². The summed E-state index contributed by atoms with van der Waals surface area (Å²) < 4.78 is 7.78. The van der Waals surface area contributed by atoms with Crippen molar-refractivity contribution in [3.05, 3.63) is 30.5 Å². The minimum absolute atomic E-state index is 0.175. The Morgan fingerprint density at radius 1 is 1.29 bits per heavy atom. The maximum atomic E-state index is 12.3. The molecule has 1 aliphatic rings. The number of hydrogen-bond donors (Lipinski definition) is 0. The van der Waals surface area contributed by atoms with Crippen LogP contribution in [0.5, 0.6) is 5.75 Å². The number of nitrogens with zero attached hydrogens (tertiary/aromatic N) is 1. The van der Waals surface area contributed by atoms with Crippen LogP contribution in [0.15, 0.2) is 30.5 Å². The second kappa shape index (κ2) is 5.92. The maximum absolute atomic E-state index is 12.3. The summed E-state index contributed by atoms with van der Waals surface area (Å²) in [6, 6.07) is 8.14. The fraction of sp³-hybridized carbons (Fsp3) is 0.500. The molecule has 0 saturated heterocycles. The van der Waals surface area contributed by atoms with Crippen molar-refractivity contribution in [1.29, 1.82) is 0 Å². The Morgan fingerprint density at radius 2 is 2.05 bits per heavy atom. The van der Waals surface area contributed by atoms with Crippen LogP contribution in [0.4, 0.5) is 0 Å². The summed E-state index contributed by atoms with van der Waals surface area (Å²) in [6.07, 6.45) is 6.75. The van der Waals surface area contributed by atoms with Gasteiger partial charge in [0.15, 0.2) is 5.78 Å². The number of carbonyl (C=O) groups is 1. The van der Waals surface area contributed by atoms with Gasteiger partial charge in [-0.15, -0.1) is 0 Å². The topological polar surface area (TPSA) is 31.2 Å². The molecule has 0 spiro atoms. The van der Waals surface area contributed by atoms with Gasteiger partial charge in [0.25, 0.3) is 0 Å². The molecule has 3 heteroatoms. The van der Waals surface area contributed by atoms with Crippen LogP contribution in [0.25, 0.3) is 10.9 Å². The molecule has 1 saturated carbocycles. The second-order valence-corrected chi connectivity index (χ2v) is 6.28. The van der Waals surface area contributed by atoms with Crippen molar-refractivity contribution >= 4 is 16.7 Å². The number of rotatable bonds is 5. The third-order valence-electron chi connectivity index (χ3n) is 4.25. The molecule has 0 amide bonds. The normalized spacial score (nSPS) is 16.0. The smallest absolute Gasteiger partial charge is 0.155 e. The Hall–Kier alpha value is -1.77. The van der Waals surface area contributed by atoms with E-state index in [-0.39, 0.29) is 12.0 Å². The fourth-order valence-corrected chi connectivity index (χ4v) is 3.21. The summed E-state index contributed by atoms with van der Waals surface area (Å²) in [6.45, 7) is 4.55. The number of fused-ring (bicyclic) bond motifs is 1. The van der Waals surface area contributed by atoms with Gasteiger partial charge < -0.3 is 9.30 Å². The van der Waals surface area contributed by atoms with Gasteiger partial charge in [-0.1, -0.05) is 12.8 Å². The van der Waals surface area contributed by atoms with Gasteiger partial charge in [-0.3, -0.25) is 4.79 Å². The van der Waals surface area contributed by atoms with E-state index in [1.807, 2.05) is 32.2 Å². The summed E-state index contributed by atoms with van der Waals surface area (Å²) >= 11 is 0. The molecular formula is C18H23NO2. The minimum atomic E-state index is 0.175. The molecule has 112 valence electrons. The molecule has 21 heavy (non-hydrogen) atoms. The van der Waals surface area contributed by atoms with Gasteiger partial charge in [-0.05, 0) is 51.0 Å². The van der Waals surface area contributed by atoms with E-state index < -0.39 is 0 Å². The van der Waals surface area contributed by atoms with E-state index >= 15 is 0 Å². The van der Waals surface area contributed by atoms with Crippen LogP contribution >= 0.6 is 0 Å². The van der Waals surface area contributed by atoms with Gasteiger partial charge in [0.05, 0.1) is 12.6 Å². The molecule has 0 radical (unpaired) electrons. The number of ketones is 1. The van der Waals surface area contributed by atoms with Gasteiger partial charge in [-0.2, -0.15) is 0 Å². The summed E-state index contributed by atoms with van der Waals surface area (Å²) in [5.74, 6) is 1.55. The molecule has 0 aliphatic heterocycles. The Balaban J connectivity index is 1.78. The summed E-state index contributed by atoms with van der Waals surface area (Å²) in [7, 11) is 0. The standard InChI is InChI=1S/C18H23NO2/c1-13(2)21-16-7-8-17-15(11-16)9-10-19(17)12-18(20)14-5-3-4-6-14/h7-11,13-14H,3-6,12H2,1-2H3. The highest BCUT2D eigenvalue weighted by molar-refractivity contribution is 5.86. The highest BCUT2D eigenvalue weighted by Crippen LogP contribution is 2.27. The zero-order valence-corrected chi connectivity index (χ0v) is 12.8. The molecule has 0 unspecified atom stereocenters. The lowest BCUT2D eigenvalue weighted by Gasteiger charge is -2.11. The van der Waals surface area contributed by atoms with Crippen molar-refractivity contribution in [2.75, 3.05) is 0 Å². The second-order valence-electron chi connectivity index (χ2n) is 6.28. The molecule has 1 fully saturated rings. The molecule has 0 N–H and O–H groups in total. The van der Waals surface area contributed by atoms with Crippen molar-refractivity contribution in [2.45, 2.75) is 52.2 Å². The SMILES string of the molecule is CC(C)Oc1ccc2c(ccn2CC(=O)C2CCCC2)c1. The first-order valence-electron chi connectivity index (χ1n) is 7.92. The van der Waals surface area contributed by atoms with Crippen LogP contribution in [0, 0.1) is 5.92 Å². The van der Waals surface area contributed by atoms with E-state index in [0.717, 1.165) is 29.5 Å². The molecule has 1 aromatic carbocycles. The Bertz CT molecular complexity index is 636. The van der Waals surface area contributed by atoms with Crippen molar-refractivity contribution in [1.82, 2.24) is 4.57 Å². The number of benzene rings is 1. The van der Waals surface area contributed by atoms with Crippen molar-refractivity contribution in [2.24, 2.45) is 5.92 Å². The zero-order chi connectivity index (χ0) is 14.8. The van der Waals surface area contributed by atoms with Crippen molar-refractivity contribution < 1.29 is 9.53 Å². The average Bonchev–Trinajstić information content (AvgIpc) is 3.07. The summed E-state index contributed by atoms with van der Waals surface area (Å²) in [4.78, 5) is 12.3. The van der Waals surface area contributed by atoms with Crippen LogP contribution < -0.4 is 4.74 Å². The average molecular weight is 285 g/mol. The molecule has 3 nitrogen and oxygen atoms in total.